The number of aliphatic imine (C=N–C) groups is 2. The van der Waals surface area contributed by atoms with Gasteiger partial charge in [-0.3, -0.25) is 34.0 Å². The molecule has 4 atom stereocenters. The van der Waals surface area contributed by atoms with E-state index in [1.807, 2.05) is 42.5 Å². The van der Waals surface area contributed by atoms with Gasteiger partial charge in [-0.25, -0.2) is 0 Å². The van der Waals surface area contributed by atoms with Crippen molar-refractivity contribution in [3.8, 4) is 5.75 Å². The quantitative estimate of drug-likeness (QED) is 0.0585. The number of nitrogens with zero attached hydrogens (tertiary/aromatic N) is 2. The summed E-state index contributed by atoms with van der Waals surface area (Å²) in [5.74, 6) is -3.66. The third-order valence-corrected chi connectivity index (χ3v) is 8.49. The minimum absolute atomic E-state index is 0.00775. The predicted molar refractivity (Wildman–Crippen MR) is 200 cm³/mol. The van der Waals surface area contributed by atoms with Crippen LogP contribution in [0.2, 0.25) is 0 Å². The fraction of sp³-hybridized carbons (Fsp3) is 0.361. The summed E-state index contributed by atoms with van der Waals surface area (Å²) in [5, 5.41) is 25.1. The highest BCUT2D eigenvalue weighted by Crippen LogP contribution is 2.17. The number of nitrogens with two attached hydrogens (primary N) is 4. The minimum atomic E-state index is -1.19. The number of guanidine groups is 2. The van der Waals surface area contributed by atoms with Gasteiger partial charge >= 0.3 is 0 Å². The summed E-state index contributed by atoms with van der Waals surface area (Å²) < 4.78 is 0. The van der Waals surface area contributed by atoms with Crippen molar-refractivity contribution in [1.29, 1.82) is 0 Å². The Balaban J connectivity index is 1.68. The molecule has 17 heteroatoms. The van der Waals surface area contributed by atoms with Gasteiger partial charge in [0.25, 0.3) is 0 Å². The van der Waals surface area contributed by atoms with E-state index in [0.717, 1.165) is 16.3 Å². The third-order valence-electron chi connectivity index (χ3n) is 8.49. The Morgan fingerprint density at radius 1 is 0.604 bits per heavy atom. The van der Waals surface area contributed by atoms with Gasteiger partial charge in [0.15, 0.2) is 11.9 Å². The van der Waals surface area contributed by atoms with Crippen LogP contribution in [-0.4, -0.2) is 90.4 Å². The number of fused-ring (bicyclic) bond motifs is 1. The first-order chi connectivity index (χ1) is 25.4. The fourth-order valence-corrected chi connectivity index (χ4v) is 5.79. The van der Waals surface area contributed by atoms with E-state index in [2.05, 4.69) is 36.6 Å². The van der Waals surface area contributed by atoms with Crippen molar-refractivity contribution >= 4 is 52.2 Å². The second kappa shape index (κ2) is 19.3. The van der Waals surface area contributed by atoms with Crippen LogP contribution in [0.1, 0.15) is 36.8 Å². The Kier molecular flexibility index (Phi) is 14.3. The van der Waals surface area contributed by atoms with Gasteiger partial charge in [-0.05, 0) is 59.7 Å². The number of phenols is 1. The average molecular weight is 730 g/mol. The van der Waals surface area contributed by atoms with Gasteiger partial charge < -0.3 is 54.6 Å². The number of amides is 5. The van der Waals surface area contributed by atoms with E-state index in [4.69, 9.17) is 22.9 Å². The maximum Gasteiger partial charge on any atom is 0.243 e. The van der Waals surface area contributed by atoms with Crippen LogP contribution in [-0.2, 0) is 36.8 Å². The number of benzene rings is 3. The van der Waals surface area contributed by atoms with Gasteiger partial charge in [0.2, 0.25) is 29.5 Å². The molecular formula is C36H47N11O6. The molecular weight excluding hydrogens is 682 g/mol. The number of aromatic hydroxyl groups is 1. The topological polar surface area (TPSA) is 295 Å². The minimum Gasteiger partial charge on any atom is -0.508 e. The van der Waals surface area contributed by atoms with E-state index in [-0.39, 0.29) is 69.3 Å². The summed E-state index contributed by atoms with van der Waals surface area (Å²) in [7, 11) is 0. The molecule has 0 spiro atoms. The van der Waals surface area contributed by atoms with Crippen molar-refractivity contribution in [2.45, 2.75) is 62.7 Å². The number of nitrogens with one attached hydrogen (secondary N) is 5. The summed E-state index contributed by atoms with van der Waals surface area (Å²) in [5.41, 5.74) is 23.2. The molecule has 53 heavy (non-hydrogen) atoms. The number of carbonyl (C=O) groups excluding carboxylic acids is 5. The van der Waals surface area contributed by atoms with Crippen LogP contribution in [0.5, 0.6) is 5.75 Å². The molecule has 5 amide bonds. The van der Waals surface area contributed by atoms with E-state index >= 15 is 0 Å². The smallest absolute Gasteiger partial charge is 0.243 e. The van der Waals surface area contributed by atoms with Crippen molar-refractivity contribution in [1.82, 2.24) is 26.6 Å². The van der Waals surface area contributed by atoms with Gasteiger partial charge in [-0.15, -0.1) is 0 Å². The maximum absolute atomic E-state index is 13.9. The van der Waals surface area contributed by atoms with Crippen molar-refractivity contribution in [3.63, 3.8) is 0 Å². The molecule has 1 saturated heterocycles. The lowest BCUT2D eigenvalue weighted by Gasteiger charge is -2.26. The Labute approximate surface area is 306 Å². The Hall–Kier alpha value is -6.39. The molecule has 0 radical (unpaired) electrons. The van der Waals surface area contributed by atoms with Crippen LogP contribution >= 0.6 is 0 Å². The molecule has 4 rings (SSSR count). The van der Waals surface area contributed by atoms with Gasteiger partial charge in [-0.2, -0.15) is 0 Å². The van der Waals surface area contributed by atoms with Crippen LogP contribution in [0, 0.1) is 0 Å². The van der Waals surface area contributed by atoms with Crippen molar-refractivity contribution < 1.29 is 29.1 Å². The number of phenolic OH excluding ortho intramolecular Hbond substituents is 1. The summed E-state index contributed by atoms with van der Waals surface area (Å²) in [6, 6.07) is 14.7. The lowest BCUT2D eigenvalue weighted by Crippen LogP contribution is -2.58. The summed E-state index contributed by atoms with van der Waals surface area (Å²) in [6.45, 7) is -0.194. The van der Waals surface area contributed by atoms with E-state index in [1.165, 1.54) is 12.1 Å². The van der Waals surface area contributed by atoms with Gasteiger partial charge in [0, 0.05) is 25.9 Å². The molecule has 0 unspecified atom stereocenters. The van der Waals surface area contributed by atoms with E-state index in [9.17, 15) is 29.1 Å². The van der Waals surface area contributed by atoms with Crippen molar-refractivity contribution in [2.75, 3.05) is 19.6 Å². The van der Waals surface area contributed by atoms with E-state index in [0.29, 0.717) is 5.56 Å². The van der Waals surface area contributed by atoms with Crippen LogP contribution in [0.15, 0.2) is 76.7 Å². The van der Waals surface area contributed by atoms with Crippen molar-refractivity contribution in [2.24, 2.45) is 32.9 Å². The summed E-state index contributed by atoms with van der Waals surface area (Å²) in [4.78, 5) is 76.4. The highest BCUT2D eigenvalue weighted by Gasteiger charge is 2.32. The van der Waals surface area contributed by atoms with Crippen LogP contribution in [0.25, 0.3) is 10.8 Å². The molecule has 1 aliphatic heterocycles. The number of rotatable bonds is 12. The molecule has 0 saturated carbocycles. The number of hydrogen-bond donors (Lipinski definition) is 10. The zero-order chi connectivity index (χ0) is 38.3. The zero-order valence-electron chi connectivity index (χ0n) is 29.2. The second-order valence-electron chi connectivity index (χ2n) is 12.7. The van der Waals surface area contributed by atoms with Gasteiger partial charge in [0.05, 0.1) is 6.54 Å². The molecule has 0 aromatic heterocycles. The molecule has 1 heterocycles. The van der Waals surface area contributed by atoms with E-state index in [1.54, 1.807) is 12.1 Å². The maximum atomic E-state index is 13.9. The average Bonchev–Trinajstić information content (AvgIpc) is 3.12. The lowest BCUT2D eigenvalue weighted by atomic mass is 10.0. The van der Waals surface area contributed by atoms with Crippen LogP contribution in [0.3, 0.4) is 0 Å². The standard InChI is InChI=1S/C36H47N11O6/c37-35(38)41-15-3-7-26-32(51)45-27(8-4-16-42-36(39)40)33(52)47-28(18-21-10-13-25(48)14-11-21)31(50)43-20-30(49)44-29(34(53)46-26)19-22-9-12-23-5-1-2-6-24(23)17-22/h1-2,5-6,9-14,17,26-29,48H,3-4,7-8,15-16,18-20H2,(H,43,50)(H,44,49)(H,45,51)(H,46,53)(H,47,52)(H4,37,38,41)(H4,39,40,42)/t26-,27-,28-,29-/m0/s1. The molecule has 3 aromatic rings. The Morgan fingerprint density at radius 3 is 1.68 bits per heavy atom. The largest absolute Gasteiger partial charge is 0.508 e. The number of hydrogen-bond acceptors (Lipinski definition) is 8. The molecule has 282 valence electrons. The molecule has 0 aliphatic carbocycles. The van der Waals surface area contributed by atoms with E-state index < -0.39 is 60.2 Å². The highest BCUT2D eigenvalue weighted by molar-refractivity contribution is 5.97. The first-order valence-corrected chi connectivity index (χ1v) is 17.2. The molecule has 17 nitrogen and oxygen atoms in total. The molecule has 1 fully saturated rings. The monoisotopic (exact) mass is 729 g/mol. The Bertz CT molecular complexity index is 1820. The molecule has 1 aliphatic rings. The summed E-state index contributed by atoms with van der Waals surface area (Å²) in [6.07, 6.45) is 0.769. The molecule has 0 bridgehead atoms. The van der Waals surface area contributed by atoms with Gasteiger partial charge in [0.1, 0.15) is 29.9 Å². The SMILES string of the molecule is NC(N)=NCCC[C@@H]1NC(=O)[C@H](Cc2ccc3ccccc3c2)NC(=O)CNC(=O)[C@H](Cc2ccc(O)cc2)NC(=O)[C@H](CCCN=C(N)N)NC1=O. The fourth-order valence-electron chi connectivity index (χ4n) is 5.79. The molecule has 14 N–H and O–H groups in total. The predicted octanol–water partition coefficient (Wildman–Crippen LogP) is -1.49. The van der Waals surface area contributed by atoms with Gasteiger partial charge in [-0.1, -0.05) is 54.6 Å². The number of carbonyl (C=O) groups is 5. The van der Waals surface area contributed by atoms with Crippen LogP contribution in [0.4, 0.5) is 0 Å². The first kappa shape index (κ1) is 39.4. The van der Waals surface area contributed by atoms with Crippen molar-refractivity contribution in [3.05, 3.63) is 77.9 Å². The zero-order valence-corrected chi connectivity index (χ0v) is 29.2. The lowest BCUT2D eigenvalue weighted by molar-refractivity contribution is -0.134. The second-order valence-corrected chi connectivity index (χ2v) is 12.7. The first-order valence-electron chi connectivity index (χ1n) is 17.2. The highest BCUT2D eigenvalue weighted by atomic mass is 16.3. The normalized spacial score (nSPS) is 20.0. The van der Waals surface area contributed by atoms with Crippen LogP contribution < -0.4 is 49.5 Å². The molecule has 3 aromatic carbocycles. The summed E-state index contributed by atoms with van der Waals surface area (Å²) >= 11 is 0. The third kappa shape index (κ3) is 12.7. The Morgan fingerprint density at radius 2 is 1.09 bits per heavy atom.